The van der Waals surface area contributed by atoms with Gasteiger partial charge in [-0.15, -0.1) is 0 Å². The molecule has 0 aliphatic rings. The fourth-order valence-electron chi connectivity index (χ4n) is 1.05. The molecule has 0 amide bonds. The van der Waals surface area contributed by atoms with Gasteiger partial charge in [-0.2, -0.15) is 11.3 Å². The van der Waals surface area contributed by atoms with Crippen molar-refractivity contribution in [3.05, 3.63) is 22.4 Å². The van der Waals surface area contributed by atoms with E-state index < -0.39 is 0 Å². The molecule has 1 aromatic heterocycles. The van der Waals surface area contributed by atoms with Gasteiger partial charge in [0.2, 0.25) is 0 Å². The molecule has 2 nitrogen and oxygen atoms in total. The lowest BCUT2D eigenvalue weighted by Gasteiger charge is -2.15. The molecule has 3 heteroatoms. The van der Waals surface area contributed by atoms with Gasteiger partial charge in [-0.3, -0.25) is 0 Å². The van der Waals surface area contributed by atoms with Crippen LogP contribution in [0.1, 0.15) is 19.4 Å². The van der Waals surface area contributed by atoms with E-state index in [-0.39, 0.29) is 12.1 Å². The highest BCUT2D eigenvalue weighted by Crippen LogP contribution is 2.05. The lowest BCUT2D eigenvalue weighted by Crippen LogP contribution is -2.36. The Bertz CT molecular complexity index is 221. The van der Waals surface area contributed by atoms with E-state index in [1.807, 2.05) is 13.8 Å². The van der Waals surface area contributed by atoms with Gasteiger partial charge < -0.3 is 10.4 Å². The fourth-order valence-corrected chi connectivity index (χ4v) is 1.75. The average Bonchev–Trinajstić information content (AvgIpc) is 2.56. The Labute approximate surface area is 83.6 Å². The van der Waals surface area contributed by atoms with Gasteiger partial charge in [0, 0.05) is 6.04 Å². The first-order chi connectivity index (χ1) is 6.20. The maximum atomic E-state index is 9.22. The van der Waals surface area contributed by atoms with Crippen LogP contribution in [-0.2, 0) is 6.42 Å². The summed E-state index contributed by atoms with van der Waals surface area (Å²) in [6.07, 6.45) is 0.767. The van der Waals surface area contributed by atoms with Gasteiger partial charge in [-0.1, -0.05) is 0 Å². The summed E-state index contributed by atoms with van der Waals surface area (Å²) < 4.78 is 0. The molecule has 1 heterocycles. The van der Waals surface area contributed by atoms with Crippen LogP contribution in [0.4, 0.5) is 0 Å². The van der Waals surface area contributed by atoms with Crippen molar-refractivity contribution in [1.29, 1.82) is 0 Å². The topological polar surface area (TPSA) is 32.3 Å². The van der Waals surface area contributed by atoms with Crippen LogP contribution >= 0.6 is 11.3 Å². The Morgan fingerprint density at radius 1 is 1.54 bits per heavy atom. The molecule has 0 spiro atoms. The van der Waals surface area contributed by atoms with Crippen molar-refractivity contribution in [1.82, 2.24) is 5.32 Å². The van der Waals surface area contributed by atoms with Crippen LogP contribution in [0.15, 0.2) is 16.8 Å². The fraction of sp³-hybridized carbons (Fsp3) is 0.600. The summed E-state index contributed by atoms with van der Waals surface area (Å²) >= 11 is 1.73. The van der Waals surface area contributed by atoms with Gasteiger partial charge in [-0.25, -0.2) is 0 Å². The first-order valence-electron chi connectivity index (χ1n) is 4.62. The highest BCUT2D eigenvalue weighted by Gasteiger charge is 2.06. The molecule has 13 heavy (non-hydrogen) atoms. The summed E-state index contributed by atoms with van der Waals surface area (Å²) in [5.74, 6) is 0. The van der Waals surface area contributed by atoms with Crippen molar-refractivity contribution in [3.8, 4) is 0 Å². The number of hydrogen-bond acceptors (Lipinski definition) is 3. The molecule has 0 saturated carbocycles. The summed E-state index contributed by atoms with van der Waals surface area (Å²) in [6, 6.07) is 2.32. The third-order valence-electron chi connectivity index (χ3n) is 2.18. The minimum absolute atomic E-state index is 0.179. The van der Waals surface area contributed by atoms with E-state index in [0.29, 0.717) is 0 Å². The molecule has 2 unspecified atom stereocenters. The highest BCUT2D eigenvalue weighted by atomic mass is 32.1. The van der Waals surface area contributed by atoms with Crippen molar-refractivity contribution in [2.24, 2.45) is 0 Å². The second kappa shape index (κ2) is 5.37. The Kier molecular flexibility index (Phi) is 4.42. The predicted octanol–water partition coefficient (Wildman–Crippen LogP) is 1.65. The summed E-state index contributed by atoms with van der Waals surface area (Å²) in [6.45, 7) is 4.74. The first-order valence-corrected chi connectivity index (χ1v) is 5.57. The van der Waals surface area contributed by atoms with E-state index in [9.17, 15) is 5.11 Å². The maximum absolute atomic E-state index is 9.22. The van der Waals surface area contributed by atoms with E-state index >= 15 is 0 Å². The van der Waals surface area contributed by atoms with Crippen LogP contribution in [0.25, 0.3) is 0 Å². The van der Waals surface area contributed by atoms with Crippen LogP contribution in [-0.4, -0.2) is 23.8 Å². The van der Waals surface area contributed by atoms with Crippen LogP contribution in [0.2, 0.25) is 0 Å². The molecular weight excluding hydrogens is 182 g/mol. The van der Waals surface area contributed by atoms with Crippen molar-refractivity contribution >= 4 is 11.3 Å². The lowest BCUT2D eigenvalue weighted by atomic mass is 10.2. The van der Waals surface area contributed by atoms with Crippen LogP contribution < -0.4 is 5.32 Å². The lowest BCUT2D eigenvalue weighted by molar-refractivity contribution is 0.153. The van der Waals surface area contributed by atoms with Gasteiger partial charge >= 0.3 is 0 Å². The standard InChI is InChI=1S/C10H17NOS/c1-8(9(2)12)11-5-3-10-4-6-13-7-10/h4,6-9,11-12H,3,5H2,1-2H3. The van der Waals surface area contributed by atoms with Crippen molar-refractivity contribution in [3.63, 3.8) is 0 Å². The molecular formula is C10H17NOS. The normalized spacial score (nSPS) is 15.6. The number of rotatable bonds is 5. The number of aliphatic hydroxyl groups is 1. The Balaban J connectivity index is 2.14. The summed E-state index contributed by atoms with van der Waals surface area (Å²) in [7, 11) is 0. The SMILES string of the molecule is CC(O)C(C)NCCc1ccsc1. The third kappa shape index (κ3) is 3.89. The summed E-state index contributed by atoms with van der Waals surface area (Å²) in [4.78, 5) is 0. The van der Waals surface area contributed by atoms with Crippen LogP contribution in [0.5, 0.6) is 0 Å². The molecule has 74 valence electrons. The molecule has 0 bridgehead atoms. The largest absolute Gasteiger partial charge is 0.392 e. The number of aliphatic hydroxyl groups excluding tert-OH is 1. The Morgan fingerprint density at radius 2 is 2.31 bits per heavy atom. The second-order valence-electron chi connectivity index (χ2n) is 3.37. The molecule has 0 aliphatic heterocycles. The zero-order chi connectivity index (χ0) is 9.68. The number of thiophene rings is 1. The van der Waals surface area contributed by atoms with Crippen molar-refractivity contribution < 1.29 is 5.11 Å². The van der Waals surface area contributed by atoms with E-state index in [2.05, 4.69) is 22.1 Å². The first kappa shape index (κ1) is 10.7. The molecule has 0 aromatic carbocycles. The van der Waals surface area contributed by atoms with Gasteiger partial charge in [0.05, 0.1) is 6.10 Å². The molecule has 0 saturated heterocycles. The zero-order valence-corrected chi connectivity index (χ0v) is 8.97. The highest BCUT2D eigenvalue weighted by molar-refractivity contribution is 7.07. The molecule has 1 rings (SSSR count). The van der Waals surface area contributed by atoms with Gasteiger partial charge in [0.15, 0.2) is 0 Å². The Morgan fingerprint density at radius 3 is 2.85 bits per heavy atom. The van der Waals surface area contributed by atoms with E-state index in [1.54, 1.807) is 11.3 Å². The van der Waals surface area contributed by atoms with Gasteiger partial charge in [0.1, 0.15) is 0 Å². The monoisotopic (exact) mass is 199 g/mol. The molecule has 1 aromatic rings. The van der Waals surface area contributed by atoms with E-state index in [4.69, 9.17) is 0 Å². The molecule has 0 radical (unpaired) electrons. The predicted molar refractivity (Wildman–Crippen MR) is 57.2 cm³/mol. The van der Waals surface area contributed by atoms with Gasteiger partial charge in [-0.05, 0) is 49.2 Å². The molecule has 2 N–H and O–H groups in total. The smallest absolute Gasteiger partial charge is 0.0662 e. The second-order valence-corrected chi connectivity index (χ2v) is 4.15. The molecule has 0 fully saturated rings. The average molecular weight is 199 g/mol. The van der Waals surface area contributed by atoms with Gasteiger partial charge in [0.25, 0.3) is 0 Å². The van der Waals surface area contributed by atoms with Crippen molar-refractivity contribution in [2.75, 3.05) is 6.54 Å². The zero-order valence-electron chi connectivity index (χ0n) is 8.16. The third-order valence-corrected chi connectivity index (χ3v) is 2.92. The molecule has 0 aliphatic carbocycles. The minimum atomic E-state index is -0.275. The van der Waals surface area contributed by atoms with E-state index in [1.165, 1.54) is 5.56 Å². The number of hydrogen-bond donors (Lipinski definition) is 2. The minimum Gasteiger partial charge on any atom is -0.392 e. The summed E-state index contributed by atoms with van der Waals surface area (Å²) in [5.41, 5.74) is 1.37. The van der Waals surface area contributed by atoms with Crippen molar-refractivity contribution in [2.45, 2.75) is 32.4 Å². The Hall–Kier alpha value is -0.380. The van der Waals surface area contributed by atoms with E-state index in [0.717, 1.165) is 13.0 Å². The molecule has 2 atom stereocenters. The van der Waals surface area contributed by atoms with Crippen LogP contribution in [0.3, 0.4) is 0 Å². The van der Waals surface area contributed by atoms with Crippen LogP contribution in [0, 0.1) is 0 Å². The number of nitrogens with one attached hydrogen (secondary N) is 1. The maximum Gasteiger partial charge on any atom is 0.0662 e. The quantitative estimate of drug-likeness (QED) is 0.756. The summed E-state index contributed by atoms with van der Waals surface area (Å²) in [5, 5.41) is 16.7.